The lowest BCUT2D eigenvalue weighted by atomic mass is 10.2. The third-order valence-electron chi connectivity index (χ3n) is 2.29. The van der Waals surface area contributed by atoms with Gasteiger partial charge in [0.25, 0.3) is 5.56 Å². The van der Waals surface area contributed by atoms with Crippen molar-refractivity contribution in [3.05, 3.63) is 49.8 Å². The monoisotopic (exact) mass is 331 g/mol. The van der Waals surface area contributed by atoms with Gasteiger partial charge in [0.05, 0.1) is 28.2 Å². The molecule has 18 heavy (non-hydrogen) atoms. The predicted octanol–water partition coefficient (Wildman–Crippen LogP) is 3.40. The second kappa shape index (κ2) is 5.49. The number of hydrogen-bond donors (Lipinski definition) is 2. The number of alkyl halides is 1. The average molecular weight is 333 g/mol. The van der Waals surface area contributed by atoms with Gasteiger partial charge in [-0.2, -0.15) is 5.10 Å². The molecule has 1 aromatic carbocycles. The van der Waals surface area contributed by atoms with Crippen molar-refractivity contribution in [1.82, 2.24) is 10.2 Å². The molecule has 0 spiro atoms. The Balaban J connectivity index is 2.40. The van der Waals surface area contributed by atoms with Gasteiger partial charge in [-0.3, -0.25) is 4.79 Å². The van der Waals surface area contributed by atoms with Gasteiger partial charge in [-0.05, 0) is 18.2 Å². The summed E-state index contributed by atoms with van der Waals surface area (Å²) in [4.78, 5) is 11.4. The summed E-state index contributed by atoms with van der Waals surface area (Å²) in [6.07, 6.45) is 1.34. The maximum atomic E-state index is 12.8. The number of nitrogens with zero attached hydrogens (tertiary/aromatic N) is 1. The zero-order valence-corrected chi connectivity index (χ0v) is 11.3. The van der Waals surface area contributed by atoms with Crippen molar-refractivity contribution in [3.63, 3.8) is 0 Å². The van der Waals surface area contributed by atoms with E-state index in [0.717, 1.165) is 4.47 Å². The van der Waals surface area contributed by atoms with Crippen molar-refractivity contribution in [2.45, 2.75) is 6.67 Å². The molecule has 7 heteroatoms. The molecule has 0 amide bonds. The van der Waals surface area contributed by atoms with E-state index < -0.39 is 12.2 Å². The number of benzene rings is 1. The summed E-state index contributed by atoms with van der Waals surface area (Å²) in [5, 5.41) is 9.13. The molecule has 0 radical (unpaired) electrons. The number of halogens is 3. The quantitative estimate of drug-likeness (QED) is 0.905. The zero-order chi connectivity index (χ0) is 13.1. The van der Waals surface area contributed by atoms with Crippen LogP contribution in [0.3, 0.4) is 0 Å². The Morgan fingerprint density at radius 2 is 2.22 bits per heavy atom. The van der Waals surface area contributed by atoms with Crippen molar-refractivity contribution in [2.24, 2.45) is 0 Å². The third kappa shape index (κ3) is 2.70. The minimum atomic E-state index is -0.881. The van der Waals surface area contributed by atoms with Gasteiger partial charge in [0.15, 0.2) is 0 Å². The van der Waals surface area contributed by atoms with Gasteiger partial charge in [0.1, 0.15) is 6.67 Å². The first-order valence-corrected chi connectivity index (χ1v) is 6.13. The molecule has 0 saturated carbocycles. The molecule has 0 saturated heterocycles. The molecule has 0 aliphatic heterocycles. The van der Waals surface area contributed by atoms with E-state index >= 15 is 0 Å². The van der Waals surface area contributed by atoms with Crippen LogP contribution in [0.25, 0.3) is 0 Å². The highest BCUT2D eigenvalue weighted by Crippen LogP contribution is 2.28. The van der Waals surface area contributed by atoms with Crippen LogP contribution in [0, 0.1) is 0 Å². The van der Waals surface area contributed by atoms with Gasteiger partial charge in [0.2, 0.25) is 0 Å². The van der Waals surface area contributed by atoms with Gasteiger partial charge in [-0.1, -0.05) is 27.5 Å². The lowest BCUT2D eigenvalue weighted by Crippen LogP contribution is -2.15. The average Bonchev–Trinajstić information content (AvgIpc) is 2.33. The van der Waals surface area contributed by atoms with E-state index in [1.165, 1.54) is 6.20 Å². The van der Waals surface area contributed by atoms with Crippen molar-refractivity contribution in [2.75, 3.05) is 5.32 Å². The molecule has 0 fully saturated rings. The molecule has 0 aliphatic rings. The molecule has 1 heterocycles. The maximum absolute atomic E-state index is 12.8. The molecule has 0 bridgehead atoms. The van der Waals surface area contributed by atoms with Crippen LogP contribution >= 0.6 is 27.5 Å². The number of aromatic nitrogens is 2. The molecule has 1 aromatic heterocycles. The zero-order valence-electron chi connectivity index (χ0n) is 9.01. The molecule has 2 aromatic rings. The van der Waals surface area contributed by atoms with Crippen molar-refractivity contribution < 1.29 is 4.39 Å². The van der Waals surface area contributed by atoms with E-state index in [1.807, 2.05) is 0 Å². The predicted molar refractivity (Wildman–Crippen MR) is 72.1 cm³/mol. The maximum Gasteiger partial charge on any atom is 0.272 e. The Kier molecular flexibility index (Phi) is 3.98. The summed E-state index contributed by atoms with van der Waals surface area (Å²) in [7, 11) is 0. The Morgan fingerprint density at radius 3 is 2.89 bits per heavy atom. The minimum Gasteiger partial charge on any atom is -0.353 e. The van der Waals surface area contributed by atoms with Crippen LogP contribution in [0.2, 0.25) is 5.02 Å². The summed E-state index contributed by atoms with van der Waals surface area (Å²) in [6.45, 7) is -0.881. The number of anilines is 2. The smallest absolute Gasteiger partial charge is 0.272 e. The van der Waals surface area contributed by atoms with Crippen LogP contribution < -0.4 is 10.9 Å². The SMILES string of the molecule is O=c1[nH]ncc(Nc2ccc(Br)cc2Cl)c1CF. The molecular formula is C11H8BrClFN3O. The van der Waals surface area contributed by atoms with E-state index in [4.69, 9.17) is 11.6 Å². The molecular weight excluding hydrogens is 324 g/mol. The van der Waals surface area contributed by atoms with Gasteiger partial charge in [-0.15, -0.1) is 0 Å². The van der Waals surface area contributed by atoms with Crippen LogP contribution in [0.1, 0.15) is 5.56 Å². The normalized spacial score (nSPS) is 10.4. The number of hydrogen-bond acceptors (Lipinski definition) is 3. The molecule has 0 atom stereocenters. The van der Waals surface area contributed by atoms with E-state index in [-0.39, 0.29) is 5.56 Å². The molecule has 94 valence electrons. The number of nitrogens with one attached hydrogen (secondary N) is 2. The van der Waals surface area contributed by atoms with E-state index in [9.17, 15) is 9.18 Å². The van der Waals surface area contributed by atoms with Gasteiger partial charge in [0, 0.05) is 4.47 Å². The minimum absolute atomic E-state index is 0.0102. The Hall–Kier alpha value is -1.40. The van der Waals surface area contributed by atoms with Crippen LogP contribution in [-0.4, -0.2) is 10.2 Å². The fourth-order valence-electron chi connectivity index (χ4n) is 1.40. The van der Waals surface area contributed by atoms with Crippen molar-refractivity contribution in [1.29, 1.82) is 0 Å². The van der Waals surface area contributed by atoms with Crippen molar-refractivity contribution in [3.8, 4) is 0 Å². The van der Waals surface area contributed by atoms with Crippen molar-refractivity contribution >= 4 is 38.9 Å². The Morgan fingerprint density at radius 1 is 1.44 bits per heavy atom. The summed E-state index contributed by atoms with van der Waals surface area (Å²) in [5.41, 5.74) is 0.298. The summed E-state index contributed by atoms with van der Waals surface area (Å²) < 4.78 is 13.6. The fourth-order valence-corrected chi connectivity index (χ4v) is 2.12. The standard InChI is InChI=1S/C11H8BrClFN3O/c12-6-1-2-9(8(13)3-6)16-10-5-15-17-11(18)7(10)4-14/h1-3,5H,4H2,(H2,16,17,18). The summed E-state index contributed by atoms with van der Waals surface area (Å²) >= 11 is 9.30. The van der Waals surface area contributed by atoms with Gasteiger partial charge < -0.3 is 5.32 Å². The summed E-state index contributed by atoms with van der Waals surface area (Å²) in [5.74, 6) is 0. The first-order valence-electron chi connectivity index (χ1n) is 4.96. The largest absolute Gasteiger partial charge is 0.353 e. The summed E-state index contributed by atoms with van der Waals surface area (Å²) in [6, 6.07) is 5.19. The Labute approximate surface area is 115 Å². The second-order valence-electron chi connectivity index (χ2n) is 3.47. The highest BCUT2D eigenvalue weighted by Gasteiger charge is 2.09. The molecule has 0 unspecified atom stereocenters. The molecule has 0 aliphatic carbocycles. The van der Waals surface area contributed by atoms with E-state index in [2.05, 4.69) is 31.4 Å². The molecule has 4 nitrogen and oxygen atoms in total. The lowest BCUT2D eigenvalue weighted by Gasteiger charge is -2.10. The molecule has 2 rings (SSSR count). The first-order chi connectivity index (χ1) is 8.61. The first kappa shape index (κ1) is 13.0. The van der Waals surface area contributed by atoms with E-state index in [1.54, 1.807) is 18.2 Å². The highest BCUT2D eigenvalue weighted by molar-refractivity contribution is 9.10. The van der Waals surface area contributed by atoms with E-state index in [0.29, 0.717) is 16.4 Å². The fraction of sp³-hybridized carbons (Fsp3) is 0.0909. The third-order valence-corrected chi connectivity index (χ3v) is 3.10. The highest BCUT2D eigenvalue weighted by atomic mass is 79.9. The van der Waals surface area contributed by atoms with Gasteiger partial charge in [-0.25, -0.2) is 9.49 Å². The van der Waals surface area contributed by atoms with Crippen LogP contribution in [0.5, 0.6) is 0 Å². The number of H-pyrrole nitrogens is 1. The molecule has 2 N–H and O–H groups in total. The second-order valence-corrected chi connectivity index (χ2v) is 4.80. The lowest BCUT2D eigenvalue weighted by molar-refractivity contribution is 0.482. The topological polar surface area (TPSA) is 57.8 Å². The van der Waals surface area contributed by atoms with Crippen LogP contribution in [0.4, 0.5) is 15.8 Å². The number of aromatic amines is 1. The van der Waals surface area contributed by atoms with Crippen LogP contribution in [0.15, 0.2) is 33.7 Å². The Bertz CT molecular complexity index is 632. The van der Waals surface area contributed by atoms with Gasteiger partial charge >= 0.3 is 0 Å². The van der Waals surface area contributed by atoms with Crippen LogP contribution in [-0.2, 0) is 6.67 Å². The number of rotatable bonds is 3.